The highest BCUT2D eigenvalue weighted by atomic mass is 19.3. The molecule has 0 aromatic heterocycles. The van der Waals surface area contributed by atoms with Gasteiger partial charge in [0.1, 0.15) is 6.61 Å². The number of nitrogens with one attached hydrogen (secondary N) is 1. The predicted octanol–water partition coefficient (Wildman–Crippen LogP) is 2.06. The molecule has 0 atom stereocenters. The first-order valence-corrected chi connectivity index (χ1v) is 4.89. The molecule has 0 amide bonds. The first-order chi connectivity index (χ1) is 7.29. The molecule has 1 aromatic carbocycles. The first kappa shape index (κ1) is 12.1. The largest absolute Gasteiger partial charge is 0.374 e. The predicted molar refractivity (Wildman–Crippen MR) is 55.0 cm³/mol. The van der Waals surface area contributed by atoms with Crippen molar-refractivity contribution in [3.05, 3.63) is 35.9 Å². The molecule has 0 aliphatic rings. The van der Waals surface area contributed by atoms with Gasteiger partial charge in [-0.1, -0.05) is 30.3 Å². The van der Waals surface area contributed by atoms with Crippen molar-refractivity contribution in [2.45, 2.75) is 13.0 Å². The average Bonchev–Trinajstić information content (AvgIpc) is 2.24. The minimum atomic E-state index is -2.38. The zero-order chi connectivity index (χ0) is 10.9. The molecule has 0 aliphatic heterocycles. The number of rotatable bonds is 7. The smallest absolute Gasteiger partial charge is 0.261 e. The SMILES string of the molecule is FC(F)COCCNCc1ccccc1. The van der Waals surface area contributed by atoms with Gasteiger partial charge in [-0.15, -0.1) is 0 Å². The summed E-state index contributed by atoms with van der Waals surface area (Å²) in [4.78, 5) is 0. The Balaban J connectivity index is 1.98. The van der Waals surface area contributed by atoms with Crippen molar-refractivity contribution in [1.29, 1.82) is 0 Å². The Kier molecular flexibility index (Phi) is 5.88. The lowest BCUT2D eigenvalue weighted by molar-refractivity contribution is 0.0187. The summed E-state index contributed by atoms with van der Waals surface area (Å²) in [6, 6.07) is 9.89. The number of hydrogen-bond acceptors (Lipinski definition) is 2. The van der Waals surface area contributed by atoms with E-state index in [4.69, 9.17) is 4.74 Å². The summed E-state index contributed by atoms with van der Waals surface area (Å²) in [5.41, 5.74) is 1.17. The van der Waals surface area contributed by atoms with Crippen LogP contribution < -0.4 is 5.32 Å². The molecule has 0 saturated heterocycles. The molecule has 0 spiro atoms. The van der Waals surface area contributed by atoms with Crippen LogP contribution in [0.15, 0.2) is 30.3 Å². The quantitative estimate of drug-likeness (QED) is 0.703. The number of ether oxygens (including phenoxy) is 1. The normalized spacial score (nSPS) is 10.9. The Labute approximate surface area is 88.3 Å². The van der Waals surface area contributed by atoms with Crippen molar-refractivity contribution in [2.75, 3.05) is 19.8 Å². The molecule has 1 rings (SSSR count). The lowest BCUT2D eigenvalue weighted by atomic mass is 10.2. The fraction of sp³-hybridized carbons (Fsp3) is 0.455. The van der Waals surface area contributed by atoms with E-state index in [0.717, 1.165) is 6.54 Å². The molecular weight excluding hydrogens is 200 g/mol. The van der Waals surface area contributed by atoms with E-state index >= 15 is 0 Å². The van der Waals surface area contributed by atoms with Gasteiger partial charge in [0.2, 0.25) is 0 Å². The standard InChI is InChI=1S/C11H15F2NO/c12-11(13)9-15-7-6-14-8-10-4-2-1-3-5-10/h1-5,11,14H,6-9H2. The van der Waals surface area contributed by atoms with Gasteiger partial charge in [0.05, 0.1) is 6.61 Å². The van der Waals surface area contributed by atoms with Crippen LogP contribution in [-0.4, -0.2) is 26.2 Å². The van der Waals surface area contributed by atoms with Gasteiger partial charge in [-0.3, -0.25) is 0 Å². The van der Waals surface area contributed by atoms with Gasteiger partial charge in [0, 0.05) is 13.1 Å². The van der Waals surface area contributed by atoms with E-state index in [-0.39, 0.29) is 0 Å². The second-order valence-electron chi connectivity index (χ2n) is 3.13. The van der Waals surface area contributed by atoms with Crippen LogP contribution in [-0.2, 0) is 11.3 Å². The van der Waals surface area contributed by atoms with Gasteiger partial charge in [0.25, 0.3) is 6.43 Å². The summed E-state index contributed by atoms with van der Waals surface area (Å²) >= 11 is 0. The minimum absolute atomic E-state index is 0.317. The van der Waals surface area contributed by atoms with E-state index in [2.05, 4.69) is 5.32 Å². The molecule has 15 heavy (non-hydrogen) atoms. The van der Waals surface area contributed by atoms with Crippen LogP contribution in [0.4, 0.5) is 8.78 Å². The molecular formula is C11H15F2NO. The van der Waals surface area contributed by atoms with Gasteiger partial charge in [0.15, 0.2) is 0 Å². The lowest BCUT2D eigenvalue weighted by Gasteiger charge is -2.05. The maximum Gasteiger partial charge on any atom is 0.261 e. The number of hydrogen-bond donors (Lipinski definition) is 1. The number of benzene rings is 1. The second kappa shape index (κ2) is 7.31. The lowest BCUT2D eigenvalue weighted by Crippen LogP contribution is -2.20. The second-order valence-corrected chi connectivity index (χ2v) is 3.13. The van der Waals surface area contributed by atoms with Crippen molar-refractivity contribution >= 4 is 0 Å². The third kappa shape index (κ3) is 6.14. The first-order valence-electron chi connectivity index (χ1n) is 4.89. The topological polar surface area (TPSA) is 21.3 Å². The van der Waals surface area contributed by atoms with Crippen molar-refractivity contribution in [3.63, 3.8) is 0 Å². The molecule has 0 aliphatic carbocycles. The van der Waals surface area contributed by atoms with Crippen molar-refractivity contribution < 1.29 is 13.5 Å². The van der Waals surface area contributed by atoms with Gasteiger partial charge in [-0.05, 0) is 5.56 Å². The van der Waals surface area contributed by atoms with E-state index in [1.54, 1.807) is 0 Å². The molecule has 0 saturated carbocycles. The zero-order valence-corrected chi connectivity index (χ0v) is 8.46. The summed E-state index contributed by atoms with van der Waals surface area (Å²) in [5.74, 6) is 0. The van der Waals surface area contributed by atoms with Gasteiger partial charge >= 0.3 is 0 Å². The van der Waals surface area contributed by atoms with Gasteiger partial charge in [-0.25, -0.2) is 8.78 Å². The average molecular weight is 215 g/mol. The summed E-state index contributed by atoms with van der Waals surface area (Å²) in [6.45, 7) is 1.16. The van der Waals surface area contributed by atoms with Crippen molar-refractivity contribution in [2.24, 2.45) is 0 Å². The molecule has 1 aromatic rings. The van der Waals surface area contributed by atoms with E-state index in [9.17, 15) is 8.78 Å². The molecule has 0 radical (unpaired) electrons. The van der Waals surface area contributed by atoms with Crippen LogP contribution in [0, 0.1) is 0 Å². The Hall–Kier alpha value is -1.00. The fourth-order valence-electron chi connectivity index (χ4n) is 1.15. The highest BCUT2D eigenvalue weighted by molar-refractivity contribution is 5.14. The third-order valence-corrected chi connectivity index (χ3v) is 1.84. The highest BCUT2D eigenvalue weighted by Crippen LogP contribution is 1.96. The van der Waals surface area contributed by atoms with E-state index in [1.807, 2.05) is 30.3 Å². The third-order valence-electron chi connectivity index (χ3n) is 1.84. The summed E-state index contributed by atoms with van der Waals surface area (Å²) < 4.78 is 28.0. The summed E-state index contributed by atoms with van der Waals surface area (Å²) in [6.07, 6.45) is -2.38. The molecule has 0 bridgehead atoms. The van der Waals surface area contributed by atoms with E-state index < -0.39 is 13.0 Å². The van der Waals surface area contributed by atoms with Crippen LogP contribution in [0.1, 0.15) is 5.56 Å². The fourth-order valence-corrected chi connectivity index (χ4v) is 1.15. The number of alkyl halides is 2. The molecule has 0 fully saturated rings. The Morgan fingerprint density at radius 3 is 2.60 bits per heavy atom. The summed E-state index contributed by atoms with van der Waals surface area (Å²) in [5, 5.41) is 3.11. The van der Waals surface area contributed by atoms with Crippen LogP contribution >= 0.6 is 0 Å². The van der Waals surface area contributed by atoms with Crippen molar-refractivity contribution in [1.82, 2.24) is 5.32 Å². The Bertz CT molecular complexity index is 254. The maximum atomic E-state index is 11.7. The Morgan fingerprint density at radius 2 is 1.93 bits per heavy atom. The van der Waals surface area contributed by atoms with E-state index in [0.29, 0.717) is 13.2 Å². The Morgan fingerprint density at radius 1 is 1.20 bits per heavy atom. The van der Waals surface area contributed by atoms with Gasteiger partial charge < -0.3 is 10.1 Å². The molecule has 84 valence electrons. The van der Waals surface area contributed by atoms with Crippen molar-refractivity contribution in [3.8, 4) is 0 Å². The molecule has 0 unspecified atom stereocenters. The molecule has 4 heteroatoms. The molecule has 0 heterocycles. The zero-order valence-electron chi connectivity index (χ0n) is 8.46. The monoisotopic (exact) mass is 215 g/mol. The van der Waals surface area contributed by atoms with Crippen LogP contribution in [0.5, 0.6) is 0 Å². The van der Waals surface area contributed by atoms with E-state index in [1.165, 1.54) is 5.56 Å². The highest BCUT2D eigenvalue weighted by Gasteiger charge is 2.00. The van der Waals surface area contributed by atoms with Gasteiger partial charge in [-0.2, -0.15) is 0 Å². The maximum absolute atomic E-state index is 11.7. The minimum Gasteiger partial charge on any atom is -0.374 e. The van der Waals surface area contributed by atoms with Crippen LogP contribution in [0.3, 0.4) is 0 Å². The van der Waals surface area contributed by atoms with Crippen LogP contribution in [0.25, 0.3) is 0 Å². The molecule has 2 nitrogen and oxygen atoms in total. The van der Waals surface area contributed by atoms with Crippen LogP contribution in [0.2, 0.25) is 0 Å². The number of halogens is 2. The summed E-state index contributed by atoms with van der Waals surface area (Å²) in [7, 11) is 0. The molecule has 1 N–H and O–H groups in total.